The minimum Gasteiger partial charge on any atom is -0.489 e. The number of aryl methyl sites for hydroxylation is 1. The number of hydrogen-bond donors (Lipinski definition) is 1. The summed E-state index contributed by atoms with van der Waals surface area (Å²) in [6, 6.07) is 11.4. The molecule has 2 aromatic rings. The first-order valence-electron chi connectivity index (χ1n) is 6.46. The zero-order chi connectivity index (χ0) is 14.7. The van der Waals surface area contributed by atoms with Gasteiger partial charge in [0.05, 0.1) is 6.10 Å². The second-order valence-electron chi connectivity index (χ2n) is 4.85. The number of nitrogen functional groups attached to an aromatic ring is 1. The Labute approximate surface area is 127 Å². The van der Waals surface area contributed by atoms with E-state index in [9.17, 15) is 0 Å². The molecule has 0 aliphatic heterocycles. The molecule has 2 rings (SSSR count). The monoisotopic (exact) mass is 335 g/mol. The van der Waals surface area contributed by atoms with Crippen molar-refractivity contribution < 1.29 is 9.47 Å². The van der Waals surface area contributed by atoms with E-state index in [0.717, 1.165) is 15.8 Å². The van der Waals surface area contributed by atoms with Crippen molar-refractivity contribution in [2.45, 2.75) is 26.9 Å². The predicted octanol–water partition coefficient (Wildman–Crippen LogP) is 4.92. The molecular weight excluding hydrogens is 318 g/mol. The van der Waals surface area contributed by atoms with Crippen LogP contribution in [0.4, 0.5) is 5.69 Å². The van der Waals surface area contributed by atoms with Crippen LogP contribution in [-0.2, 0) is 0 Å². The van der Waals surface area contributed by atoms with E-state index < -0.39 is 0 Å². The summed E-state index contributed by atoms with van der Waals surface area (Å²) in [5.74, 6) is 2.03. The first-order valence-corrected chi connectivity index (χ1v) is 7.26. The average molecular weight is 336 g/mol. The zero-order valence-corrected chi connectivity index (χ0v) is 13.4. The van der Waals surface area contributed by atoms with Crippen LogP contribution in [0.15, 0.2) is 40.9 Å². The maximum Gasteiger partial charge on any atom is 0.154 e. The van der Waals surface area contributed by atoms with Crippen LogP contribution in [-0.4, -0.2) is 6.10 Å². The van der Waals surface area contributed by atoms with Crippen molar-refractivity contribution >= 4 is 21.6 Å². The summed E-state index contributed by atoms with van der Waals surface area (Å²) in [5, 5.41) is 0. The van der Waals surface area contributed by atoms with Gasteiger partial charge < -0.3 is 15.2 Å². The fraction of sp³-hybridized carbons (Fsp3) is 0.250. The Morgan fingerprint density at radius 1 is 1.05 bits per heavy atom. The highest BCUT2D eigenvalue weighted by atomic mass is 79.9. The fourth-order valence-corrected chi connectivity index (χ4v) is 2.29. The normalized spacial score (nSPS) is 10.7. The third kappa shape index (κ3) is 3.45. The van der Waals surface area contributed by atoms with Crippen molar-refractivity contribution in [2.24, 2.45) is 0 Å². The van der Waals surface area contributed by atoms with E-state index in [1.54, 1.807) is 0 Å². The van der Waals surface area contributed by atoms with Gasteiger partial charge in [-0.15, -0.1) is 0 Å². The van der Waals surface area contributed by atoms with Crippen LogP contribution >= 0.6 is 15.9 Å². The van der Waals surface area contributed by atoms with Gasteiger partial charge in [0.15, 0.2) is 5.75 Å². The maximum atomic E-state index is 6.10. The van der Waals surface area contributed by atoms with Crippen LogP contribution in [0.5, 0.6) is 17.2 Å². The molecule has 2 N–H and O–H groups in total. The van der Waals surface area contributed by atoms with Gasteiger partial charge in [-0.25, -0.2) is 0 Å². The van der Waals surface area contributed by atoms with E-state index in [1.807, 2.05) is 57.2 Å². The van der Waals surface area contributed by atoms with Crippen molar-refractivity contribution in [1.29, 1.82) is 0 Å². The van der Waals surface area contributed by atoms with Crippen LogP contribution in [0.1, 0.15) is 19.4 Å². The number of rotatable bonds is 4. The molecule has 0 aromatic heterocycles. The average Bonchev–Trinajstić information content (AvgIpc) is 2.36. The molecule has 0 heterocycles. The lowest BCUT2D eigenvalue weighted by molar-refractivity contribution is 0.243. The van der Waals surface area contributed by atoms with E-state index in [1.165, 1.54) is 0 Å². The van der Waals surface area contributed by atoms with Crippen LogP contribution in [0.25, 0.3) is 0 Å². The summed E-state index contributed by atoms with van der Waals surface area (Å²) in [5.41, 5.74) is 7.65. The summed E-state index contributed by atoms with van der Waals surface area (Å²) >= 11 is 3.43. The van der Waals surface area contributed by atoms with Gasteiger partial charge in [0.2, 0.25) is 0 Å². The van der Waals surface area contributed by atoms with Crippen molar-refractivity contribution in [3.05, 3.63) is 46.4 Å². The van der Waals surface area contributed by atoms with Gasteiger partial charge in [0.25, 0.3) is 0 Å². The van der Waals surface area contributed by atoms with Crippen LogP contribution in [0, 0.1) is 6.92 Å². The van der Waals surface area contributed by atoms with Crippen molar-refractivity contribution in [1.82, 2.24) is 0 Å². The molecule has 0 aliphatic rings. The largest absolute Gasteiger partial charge is 0.489 e. The third-order valence-electron chi connectivity index (χ3n) is 2.75. The molecule has 0 radical (unpaired) electrons. The second-order valence-corrected chi connectivity index (χ2v) is 5.76. The Kier molecular flexibility index (Phi) is 4.55. The highest BCUT2D eigenvalue weighted by Gasteiger charge is 2.10. The van der Waals surface area contributed by atoms with Gasteiger partial charge in [-0.3, -0.25) is 0 Å². The number of nitrogens with two attached hydrogens (primary N) is 1. The van der Waals surface area contributed by atoms with Gasteiger partial charge in [-0.05, 0) is 56.7 Å². The number of hydrogen-bond acceptors (Lipinski definition) is 3. The number of benzene rings is 2. The molecule has 0 spiro atoms. The maximum absolute atomic E-state index is 6.10. The Morgan fingerprint density at radius 2 is 1.75 bits per heavy atom. The molecule has 0 amide bonds. The van der Waals surface area contributed by atoms with Crippen molar-refractivity contribution in [3.8, 4) is 17.2 Å². The molecule has 20 heavy (non-hydrogen) atoms. The van der Waals surface area contributed by atoms with E-state index in [0.29, 0.717) is 17.2 Å². The van der Waals surface area contributed by atoms with Gasteiger partial charge in [-0.2, -0.15) is 0 Å². The smallest absolute Gasteiger partial charge is 0.154 e. The molecule has 0 saturated heterocycles. The summed E-state index contributed by atoms with van der Waals surface area (Å²) < 4.78 is 12.6. The van der Waals surface area contributed by atoms with E-state index in [-0.39, 0.29) is 6.10 Å². The molecule has 4 heteroatoms. The van der Waals surface area contributed by atoms with Crippen LogP contribution in [0.3, 0.4) is 0 Å². The van der Waals surface area contributed by atoms with Crippen LogP contribution < -0.4 is 15.2 Å². The molecule has 0 unspecified atom stereocenters. The first kappa shape index (κ1) is 14.7. The Hall–Kier alpha value is -1.68. The topological polar surface area (TPSA) is 44.5 Å². The van der Waals surface area contributed by atoms with E-state index >= 15 is 0 Å². The van der Waals surface area contributed by atoms with Gasteiger partial charge >= 0.3 is 0 Å². The molecule has 106 valence electrons. The van der Waals surface area contributed by atoms with Gasteiger partial charge in [-0.1, -0.05) is 22.0 Å². The zero-order valence-electron chi connectivity index (χ0n) is 11.8. The molecule has 0 saturated carbocycles. The third-order valence-corrected chi connectivity index (χ3v) is 3.24. The molecule has 0 aliphatic carbocycles. The summed E-state index contributed by atoms with van der Waals surface area (Å²) in [6.07, 6.45) is 0.0713. The van der Waals surface area contributed by atoms with Gasteiger partial charge in [0.1, 0.15) is 17.2 Å². The predicted molar refractivity (Wildman–Crippen MR) is 85.6 cm³/mol. The SMILES string of the molecule is Cc1cc(Br)ccc1Oc1cccc(OC(C)C)c1N. The molecular formula is C16H18BrNO2. The Bertz CT molecular complexity index is 611. The molecule has 0 bridgehead atoms. The highest BCUT2D eigenvalue weighted by molar-refractivity contribution is 9.10. The summed E-state index contributed by atoms with van der Waals surface area (Å²) in [6.45, 7) is 5.92. The summed E-state index contributed by atoms with van der Waals surface area (Å²) in [7, 11) is 0. The standard InChI is InChI=1S/C16H18BrNO2/c1-10(2)19-14-5-4-6-15(16(14)18)20-13-8-7-12(17)9-11(13)3/h4-10H,18H2,1-3H3. The van der Waals surface area contributed by atoms with E-state index in [2.05, 4.69) is 15.9 Å². The Balaban J connectivity index is 2.29. The highest BCUT2D eigenvalue weighted by Crippen LogP contribution is 2.36. The number of anilines is 1. The lowest BCUT2D eigenvalue weighted by Gasteiger charge is -2.16. The molecule has 2 aromatic carbocycles. The minimum atomic E-state index is 0.0713. The quantitative estimate of drug-likeness (QED) is 0.806. The molecule has 0 fully saturated rings. The number of ether oxygens (including phenoxy) is 2. The van der Waals surface area contributed by atoms with Crippen molar-refractivity contribution in [2.75, 3.05) is 5.73 Å². The van der Waals surface area contributed by atoms with Crippen molar-refractivity contribution in [3.63, 3.8) is 0 Å². The summed E-state index contributed by atoms with van der Waals surface area (Å²) in [4.78, 5) is 0. The number of halogens is 1. The van der Waals surface area contributed by atoms with E-state index in [4.69, 9.17) is 15.2 Å². The fourth-order valence-electron chi connectivity index (χ4n) is 1.82. The molecule has 0 atom stereocenters. The molecule has 3 nitrogen and oxygen atoms in total. The minimum absolute atomic E-state index is 0.0713. The first-order chi connectivity index (χ1) is 9.47. The lowest BCUT2D eigenvalue weighted by Crippen LogP contribution is -2.07. The van der Waals surface area contributed by atoms with Gasteiger partial charge in [0, 0.05) is 4.47 Å². The second kappa shape index (κ2) is 6.18. The lowest BCUT2D eigenvalue weighted by atomic mass is 10.2. The van der Waals surface area contributed by atoms with Crippen LogP contribution in [0.2, 0.25) is 0 Å². The number of para-hydroxylation sites is 1. The Morgan fingerprint density at radius 3 is 2.40 bits per heavy atom.